The van der Waals surface area contributed by atoms with Crippen LogP contribution in [0.4, 0.5) is 5.00 Å². The van der Waals surface area contributed by atoms with Crippen LogP contribution >= 0.6 is 11.5 Å². The summed E-state index contributed by atoms with van der Waals surface area (Å²) in [7, 11) is 5.00. The molecular formula is C7H10BN3OS. The molecule has 0 aromatic carbocycles. The van der Waals surface area contributed by atoms with E-state index in [2.05, 4.69) is 14.9 Å². The van der Waals surface area contributed by atoms with Crippen LogP contribution in [0.5, 0.6) is 0 Å². The molecule has 1 rings (SSSR count). The van der Waals surface area contributed by atoms with Crippen LogP contribution in [0.25, 0.3) is 0 Å². The molecule has 68 valence electrons. The van der Waals surface area contributed by atoms with Crippen LogP contribution in [0.15, 0.2) is 0 Å². The van der Waals surface area contributed by atoms with Crippen LogP contribution in [0.3, 0.4) is 0 Å². The van der Waals surface area contributed by atoms with Gasteiger partial charge in [-0.1, -0.05) is 0 Å². The number of carbonyl (C=O) groups is 1. The molecule has 1 amide bonds. The van der Waals surface area contributed by atoms with Gasteiger partial charge in [-0.25, -0.2) is 0 Å². The molecule has 1 aromatic heterocycles. The average Bonchev–Trinajstić information content (AvgIpc) is 2.48. The number of nitrogens with zero attached hydrogens (tertiary/aromatic N) is 1. The Morgan fingerprint density at radius 1 is 1.69 bits per heavy atom. The molecule has 0 bridgehead atoms. The molecule has 0 aliphatic rings. The summed E-state index contributed by atoms with van der Waals surface area (Å²) in [5, 5.41) is 6.08. The quantitative estimate of drug-likeness (QED) is 0.698. The van der Waals surface area contributed by atoms with Gasteiger partial charge in [-0.05, 0) is 25.4 Å². The Hall–Kier alpha value is -1.04. The lowest BCUT2D eigenvalue weighted by Gasteiger charge is -2.00. The molecule has 2 radical (unpaired) electrons. The van der Waals surface area contributed by atoms with Gasteiger partial charge in [0.25, 0.3) is 5.91 Å². The Labute approximate surface area is 82.3 Å². The Morgan fingerprint density at radius 3 is 2.92 bits per heavy atom. The second-order valence-electron chi connectivity index (χ2n) is 2.49. The summed E-state index contributed by atoms with van der Waals surface area (Å²) in [5.74, 6) is -0.349. The van der Waals surface area contributed by atoms with E-state index in [9.17, 15) is 4.79 Å². The zero-order valence-corrected chi connectivity index (χ0v) is 8.36. The van der Waals surface area contributed by atoms with E-state index in [4.69, 9.17) is 7.98 Å². The van der Waals surface area contributed by atoms with Crippen LogP contribution in [-0.2, 0) is 0 Å². The average molecular weight is 195 g/mol. The minimum absolute atomic E-state index is 0.349. The Morgan fingerprint density at radius 2 is 2.38 bits per heavy atom. The SMILES string of the molecule is [B]NC(=O)c1nsc(NCC)c1C. The van der Waals surface area contributed by atoms with E-state index in [-0.39, 0.29) is 5.91 Å². The highest BCUT2D eigenvalue weighted by Crippen LogP contribution is 2.23. The molecule has 0 fully saturated rings. The van der Waals surface area contributed by atoms with Crippen molar-refractivity contribution < 1.29 is 4.79 Å². The molecule has 4 nitrogen and oxygen atoms in total. The maximum Gasteiger partial charge on any atom is 0.258 e. The van der Waals surface area contributed by atoms with Crippen LogP contribution < -0.4 is 10.5 Å². The predicted molar refractivity (Wildman–Crippen MR) is 54.2 cm³/mol. The Kier molecular flexibility index (Phi) is 3.30. The fourth-order valence-corrected chi connectivity index (χ4v) is 1.79. The fourth-order valence-electron chi connectivity index (χ4n) is 0.941. The van der Waals surface area contributed by atoms with E-state index in [0.29, 0.717) is 5.69 Å². The van der Waals surface area contributed by atoms with Gasteiger partial charge in [0.05, 0.1) is 0 Å². The molecule has 2 N–H and O–H groups in total. The van der Waals surface area contributed by atoms with Crippen molar-refractivity contribution in [2.24, 2.45) is 0 Å². The molecule has 13 heavy (non-hydrogen) atoms. The summed E-state index contributed by atoms with van der Waals surface area (Å²) in [4.78, 5) is 11.1. The van der Waals surface area contributed by atoms with Crippen molar-refractivity contribution in [3.63, 3.8) is 0 Å². The van der Waals surface area contributed by atoms with Crippen molar-refractivity contribution in [3.05, 3.63) is 11.3 Å². The first kappa shape index (κ1) is 10.0. The highest BCUT2D eigenvalue weighted by molar-refractivity contribution is 7.10. The third kappa shape index (κ3) is 2.00. The monoisotopic (exact) mass is 195 g/mol. The molecule has 1 aromatic rings. The summed E-state index contributed by atoms with van der Waals surface area (Å²) in [6, 6.07) is 0. The highest BCUT2D eigenvalue weighted by Gasteiger charge is 2.14. The number of hydrogen-bond donors (Lipinski definition) is 2. The van der Waals surface area contributed by atoms with Gasteiger partial charge in [0.2, 0.25) is 7.98 Å². The Bertz CT molecular complexity index is 313. The normalized spacial score (nSPS) is 9.69. The van der Waals surface area contributed by atoms with Crippen LogP contribution in [0.2, 0.25) is 0 Å². The van der Waals surface area contributed by atoms with E-state index < -0.39 is 0 Å². The van der Waals surface area contributed by atoms with E-state index in [1.807, 2.05) is 13.8 Å². The zero-order chi connectivity index (χ0) is 9.84. The molecule has 0 unspecified atom stereocenters. The number of aromatic nitrogens is 1. The smallest absolute Gasteiger partial charge is 0.258 e. The minimum Gasteiger partial charge on any atom is -0.404 e. The summed E-state index contributed by atoms with van der Waals surface area (Å²) in [5.41, 5.74) is 1.23. The lowest BCUT2D eigenvalue weighted by Crippen LogP contribution is -2.20. The van der Waals surface area contributed by atoms with Crippen molar-refractivity contribution in [2.45, 2.75) is 13.8 Å². The van der Waals surface area contributed by atoms with Gasteiger partial charge >= 0.3 is 0 Å². The molecule has 6 heteroatoms. The molecule has 0 aliphatic carbocycles. The summed E-state index contributed by atoms with van der Waals surface area (Å²) >= 11 is 1.27. The molecule has 1 heterocycles. The zero-order valence-electron chi connectivity index (χ0n) is 7.55. The fraction of sp³-hybridized carbons (Fsp3) is 0.429. The standard InChI is InChI=1S/C7H10BN3OS/c1-3-9-7-4(2)5(11-13-7)6(12)10-8/h9H,3H2,1-2H3,(H,10,12). The second kappa shape index (κ2) is 4.27. The first-order chi connectivity index (χ1) is 6.20. The lowest BCUT2D eigenvalue weighted by atomic mass is 10.2. The van der Waals surface area contributed by atoms with Crippen molar-refractivity contribution >= 4 is 30.4 Å². The largest absolute Gasteiger partial charge is 0.404 e. The number of rotatable bonds is 3. The number of anilines is 1. The number of amides is 1. The van der Waals surface area contributed by atoms with E-state index >= 15 is 0 Å². The van der Waals surface area contributed by atoms with Gasteiger partial charge in [-0.15, -0.1) is 0 Å². The number of hydrogen-bond acceptors (Lipinski definition) is 4. The van der Waals surface area contributed by atoms with Gasteiger partial charge in [0.1, 0.15) is 10.7 Å². The van der Waals surface area contributed by atoms with Crippen molar-refractivity contribution in [1.29, 1.82) is 0 Å². The molecule has 0 saturated carbocycles. The molecule has 0 aliphatic heterocycles. The maximum atomic E-state index is 11.1. The van der Waals surface area contributed by atoms with E-state index in [1.165, 1.54) is 11.5 Å². The molecule has 0 saturated heterocycles. The van der Waals surface area contributed by atoms with Gasteiger partial charge in [0.15, 0.2) is 0 Å². The Balaban J connectivity index is 2.92. The molecular weight excluding hydrogens is 185 g/mol. The highest BCUT2D eigenvalue weighted by atomic mass is 32.1. The van der Waals surface area contributed by atoms with Gasteiger partial charge < -0.3 is 10.5 Å². The minimum atomic E-state index is -0.349. The third-order valence-electron chi connectivity index (χ3n) is 1.61. The summed E-state index contributed by atoms with van der Waals surface area (Å²) in [6.45, 7) is 4.64. The van der Waals surface area contributed by atoms with Crippen molar-refractivity contribution in [3.8, 4) is 0 Å². The topological polar surface area (TPSA) is 54.0 Å². The van der Waals surface area contributed by atoms with E-state index in [0.717, 1.165) is 17.1 Å². The summed E-state index contributed by atoms with van der Waals surface area (Å²) < 4.78 is 3.99. The van der Waals surface area contributed by atoms with Crippen LogP contribution in [0.1, 0.15) is 23.0 Å². The predicted octanol–water partition coefficient (Wildman–Crippen LogP) is 0.697. The van der Waals surface area contributed by atoms with Crippen LogP contribution in [-0.4, -0.2) is 24.8 Å². The summed E-state index contributed by atoms with van der Waals surface area (Å²) in [6.07, 6.45) is 0. The molecule has 0 atom stereocenters. The van der Waals surface area contributed by atoms with Crippen LogP contribution in [0, 0.1) is 6.92 Å². The van der Waals surface area contributed by atoms with Gasteiger partial charge in [-0.2, -0.15) is 4.37 Å². The van der Waals surface area contributed by atoms with Crippen molar-refractivity contribution in [2.75, 3.05) is 11.9 Å². The van der Waals surface area contributed by atoms with E-state index in [1.54, 1.807) is 0 Å². The van der Waals surface area contributed by atoms with Gasteiger partial charge in [0, 0.05) is 12.1 Å². The maximum absolute atomic E-state index is 11.1. The molecule has 0 spiro atoms. The second-order valence-corrected chi connectivity index (χ2v) is 3.26. The van der Waals surface area contributed by atoms with Crippen molar-refractivity contribution in [1.82, 2.24) is 9.60 Å². The lowest BCUT2D eigenvalue weighted by molar-refractivity contribution is 0.0977. The van der Waals surface area contributed by atoms with Gasteiger partial charge in [-0.3, -0.25) is 4.79 Å². The number of carbonyl (C=O) groups excluding carboxylic acids is 1. The first-order valence-electron chi connectivity index (χ1n) is 3.91. The first-order valence-corrected chi connectivity index (χ1v) is 4.69. The number of nitrogens with one attached hydrogen (secondary N) is 2. The third-order valence-corrected chi connectivity index (χ3v) is 2.51.